The molecule has 2 fully saturated rings. The molecular formula is C22H42N4. The number of hydrogen-bond donors (Lipinski definition) is 2. The summed E-state index contributed by atoms with van der Waals surface area (Å²) in [5.41, 5.74) is 15.6. The van der Waals surface area contributed by atoms with Crippen LogP contribution in [-0.4, -0.2) is 12.1 Å². The Hall–Kier alpha value is -0.800. The monoisotopic (exact) mass is 362 g/mol. The maximum absolute atomic E-state index is 7.82. The van der Waals surface area contributed by atoms with Crippen molar-refractivity contribution in [2.24, 2.45) is 33.9 Å². The van der Waals surface area contributed by atoms with Gasteiger partial charge >= 0.3 is 0 Å². The largest absolute Gasteiger partial charge is 0.209 e. The van der Waals surface area contributed by atoms with Crippen LogP contribution in [0.2, 0.25) is 0 Å². The van der Waals surface area contributed by atoms with Crippen LogP contribution in [0.1, 0.15) is 104 Å². The van der Waals surface area contributed by atoms with E-state index in [-0.39, 0.29) is 12.1 Å². The molecule has 2 rings (SSSR count). The van der Waals surface area contributed by atoms with E-state index in [4.69, 9.17) is 11.1 Å². The lowest BCUT2D eigenvalue weighted by atomic mass is 9.70. The minimum Gasteiger partial charge on any atom is -0.209 e. The number of hydrogen-bond acceptors (Lipinski definition) is 4. The van der Waals surface area contributed by atoms with E-state index in [0.717, 1.165) is 11.8 Å². The van der Waals surface area contributed by atoms with Crippen LogP contribution in [0.4, 0.5) is 0 Å². The lowest BCUT2D eigenvalue weighted by molar-refractivity contribution is 0.159. The lowest BCUT2D eigenvalue weighted by Crippen LogP contribution is -2.39. The molecule has 0 aromatic heterocycles. The summed E-state index contributed by atoms with van der Waals surface area (Å²) >= 11 is 0. The van der Waals surface area contributed by atoms with Crippen molar-refractivity contribution in [2.75, 3.05) is 0 Å². The Bertz CT molecular complexity index is 395. The van der Waals surface area contributed by atoms with E-state index in [1.165, 1.54) is 89.9 Å². The zero-order chi connectivity index (χ0) is 18.8. The van der Waals surface area contributed by atoms with Gasteiger partial charge in [-0.05, 0) is 49.4 Å². The summed E-state index contributed by atoms with van der Waals surface area (Å²) in [6.07, 6.45) is 18.0. The smallest absolute Gasteiger partial charge is 0.0977 e. The molecule has 2 unspecified atom stereocenters. The Balaban J connectivity index is 1.84. The van der Waals surface area contributed by atoms with Gasteiger partial charge in [0.1, 0.15) is 0 Å². The quantitative estimate of drug-likeness (QED) is 0.278. The molecule has 0 bridgehead atoms. The average molecular weight is 363 g/mol. The van der Waals surface area contributed by atoms with Gasteiger partial charge in [0.25, 0.3) is 0 Å². The van der Waals surface area contributed by atoms with Gasteiger partial charge in [0.2, 0.25) is 0 Å². The third-order valence-electron chi connectivity index (χ3n) is 7.31. The summed E-state index contributed by atoms with van der Waals surface area (Å²) in [5.74, 6) is 2.75. The summed E-state index contributed by atoms with van der Waals surface area (Å²) < 4.78 is 0. The van der Waals surface area contributed by atoms with Crippen molar-refractivity contribution < 1.29 is 0 Å². The van der Waals surface area contributed by atoms with Crippen LogP contribution in [-0.2, 0) is 0 Å². The topological polar surface area (TPSA) is 72.4 Å². The minimum atomic E-state index is -0.0308. The summed E-state index contributed by atoms with van der Waals surface area (Å²) in [6, 6.07) is -0.0615. The van der Waals surface area contributed by atoms with E-state index in [9.17, 15) is 0 Å². The molecule has 0 aromatic carbocycles. The highest BCUT2D eigenvalue weighted by atomic mass is 15.1. The van der Waals surface area contributed by atoms with E-state index < -0.39 is 0 Å². The van der Waals surface area contributed by atoms with Gasteiger partial charge in [-0.1, -0.05) is 78.1 Å². The van der Waals surface area contributed by atoms with Crippen molar-refractivity contribution in [1.29, 1.82) is 11.1 Å². The third-order valence-corrected chi connectivity index (χ3v) is 7.31. The lowest BCUT2D eigenvalue weighted by Gasteiger charge is -2.38. The fraction of sp³-hybridized carbons (Fsp3) is 1.00. The Kier molecular flexibility index (Phi) is 9.77. The van der Waals surface area contributed by atoms with Gasteiger partial charge in [0.05, 0.1) is 12.1 Å². The van der Waals surface area contributed by atoms with Gasteiger partial charge < -0.3 is 0 Å². The van der Waals surface area contributed by atoms with Crippen LogP contribution in [0.25, 0.3) is 0 Å². The summed E-state index contributed by atoms with van der Waals surface area (Å²) in [7, 11) is 0. The van der Waals surface area contributed by atoms with Gasteiger partial charge in [-0.25, -0.2) is 11.1 Å². The molecule has 4 heteroatoms. The van der Waals surface area contributed by atoms with Crippen molar-refractivity contribution in [2.45, 2.75) is 116 Å². The molecule has 2 aliphatic rings. The predicted molar refractivity (Wildman–Crippen MR) is 108 cm³/mol. The van der Waals surface area contributed by atoms with Crippen LogP contribution >= 0.6 is 0 Å². The van der Waals surface area contributed by atoms with Gasteiger partial charge in [-0.15, -0.1) is 0 Å². The first-order valence-corrected chi connectivity index (χ1v) is 11.5. The first-order valence-electron chi connectivity index (χ1n) is 11.5. The van der Waals surface area contributed by atoms with Crippen LogP contribution in [0.15, 0.2) is 10.2 Å². The molecular weight excluding hydrogens is 320 g/mol. The molecule has 0 aromatic rings. The highest BCUT2D eigenvalue weighted by molar-refractivity contribution is 4.93. The van der Waals surface area contributed by atoms with Crippen LogP contribution in [0.5, 0.6) is 0 Å². The van der Waals surface area contributed by atoms with Gasteiger partial charge in [-0.2, -0.15) is 10.2 Å². The van der Waals surface area contributed by atoms with Gasteiger partial charge in [0, 0.05) is 0 Å². The first kappa shape index (κ1) is 21.5. The van der Waals surface area contributed by atoms with Gasteiger partial charge in [0.15, 0.2) is 0 Å². The van der Waals surface area contributed by atoms with E-state index in [1.807, 2.05) is 0 Å². The maximum Gasteiger partial charge on any atom is 0.0977 e. The van der Waals surface area contributed by atoms with Crippen molar-refractivity contribution in [3.63, 3.8) is 0 Å². The molecule has 2 aliphatic carbocycles. The molecule has 0 heterocycles. The summed E-state index contributed by atoms with van der Waals surface area (Å²) in [6.45, 7) is 4.55. The van der Waals surface area contributed by atoms with Gasteiger partial charge in [-0.3, -0.25) is 0 Å². The number of rotatable bonds is 11. The average Bonchev–Trinajstić information content (AvgIpc) is 2.68. The number of nitrogens with zero attached hydrogens (tertiary/aromatic N) is 2. The Morgan fingerprint density at radius 2 is 1.12 bits per heavy atom. The van der Waals surface area contributed by atoms with Crippen molar-refractivity contribution in [3.05, 3.63) is 0 Å². The number of nitrogens with one attached hydrogen (secondary N) is 2. The van der Waals surface area contributed by atoms with Crippen molar-refractivity contribution in [1.82, 2.24) is 0 Å². The molecule has 2 saturated carbocycles. The summed E-state index contributed by atoms with van der Waals surface area (Å²) in [5, 5.41) is 8.10. The molecule has 150 valence electrons. The second-order valence-electron chi connectivity index (χ2n) is 9.09. The van der Waals surface area contributed by atoms with E-state index in [0.29, 0.717) is 11.8 Å². The van der Waals surface area contributed by atoms with E-state index >= 15 is 0 Å². The second-order valence-corrected chi connectivity index (χ2v) is 9.09. The first-order chi connectivity index (χ1) is 12.7. The molecule has 2 atom stereocenters. The minimum absolute atomic E-state index is 0.0307. The molecule has 0 radical (unpaired) electrons. The normalized spacial score (nSPS) is 31.9. The molecule has 26 heavy (non-hydrogen) atoms. The maximum atomic E-state index is 7.82. The van der Waals surface area contributed by atoms with Crippen molar-refractivity contribution in [3.8, 4) is 0 Å². The zero-order valence-electron chi connectivity index (χ0n) is 17.3. The standard InChI is InChI=1S/C22H42N4/c1-3-5-6-8-18-11-15-20(16-12-18)22(26-24)21(25-23)19-13-9-17(7-4-2)10-14-19/h17-24H,3-16H2,1-2H3. The van der Waals surface area contributed by atoms with Crippen LogP contribution in [0.3, 0.4) is 0 Å². The molecule has 0 spiro atoms. The molecule has 4 nitrogen and oxygen atoms in total. The molecule has 0 amide bonds. The Morgan fingerprint density at radius 1 is 0.654 bits per heavy atom. The van der Waals surface area contributed by atoms with E-state index in [2.05, 4.69) is 24.1 Å². The third kappa shape index (κ3) is 6.13. The van der Waals surface area contributed by atoms with Crippen LogP contribution < -0.4 is 0 Å². The van der Waals surface area contributed by atoms with Crippen molar-refractivity contribution >= 4 is 0 Å². The SMILES string of the molecule is CCCCCC1CCC(C(N=N)C(N=N)C2CCC(CCC)CC2)CC1. The van der Waals surface area contributed by atoms with Crippen LogP contribution in [0, 0.1) is 34.7 Å². The Morgan fingerprint density at radius 3 is 1.50 bits per heavy atom. The zero-order valence-corrected chi connectivity index (χ0v) is 17.3. The molecule has 0 saturated heterocycles. The second kappa shape index (κ2) is 11.8. The molecule has 2 N–H and O–H groups in total. The fourth-order valence-corrected chi connectivity index (χ4v) is 5.65. The van der Waals surface area contributed by atoms with E-state index in [1.54, 1.807) is 0 Å². The molecule has 0 aliphatic heterocycles. The fourth-order valence-electron chi connectivity index (χ4n) is 5.65. The Labute approximate surface area is 161 Å². The predicted octanol–water partition coefficient (Wildman–Crippen LogP) is 7.78. The highest BCUT2D eigenvalue weighted by Crippen LogP contribution is 2.41. The highest BCUT2D eigenvalue weighted by Gasteiger charge is 2.38. The number of unbranched alkanes of at least 4 members (excludes halogenated alkanes) is 2. The summed E-state index contributed by atoms with van der Waals surface area (Å²) in [4.78, 5) is 0.